The number of guanidine groups is 1. The largest absolute Gasteiger partial charge is 0.340 e. The summed E-state index contributed by atoms with van der Waals surface area (Å²) in [4.78, 5) is 37.0. The van der Waals surface area contributed by atoms with Gasteiger partial charge in [-0.2, -0.15) is 0 Å². The molecule has 8 heteroatoms. The average Bonchev–Trinajstić information content (AvgIpc) is 2.86. The van der Waals surface area contributed by atoms with Crippen molar-refractivity contribution in [3.05, 3.63) is 0 Å². The molecular weight excluding hydrogens is 284 g/mol. The van der Waals surface area contributed by atoms with E-state index in [-0.39, 0.29) is 11.9 Å². The van der Waals surface area contributed by atoms with Crippen molar-refractivity contribution in [2.75, 3.05) is 46.8 Å². The number of carbonyl (C=O) groups is 2. The van der Waals surface area contributed by atoms with Crippen molar-refractivity contribution >= 4 is 17.9 Å². The maximum Gasteiger partial charge on any atom is 0.325 e. The third-order valence-electron chi connectivity index (χ3n) is 4.59. The SMILES string of the molecule is CCCN1C(N2CCN(C)CC2)=NC2C1C(=O)NC(=O)N2C. The highest BCUT2D eigenvalue weighted by Crippen LogP contribution is 2.26. The molecule has 0 aromatic carbocycles. The van der Waals surface area contributed by atoms with Crippen LogP contribution < -0.4 is 5.32 Å². The van der Waals surface area contributed by atoms with Crippen LogP contribution in [0.2, 0.25) is 0 Å². The lowest BCUT2D eigenvalue weighted by Gasteiger charge is -2.39. The van der Waals surface area contributed by atoms with E-state index in [1.54, 1.807) is 7.05 Å². The number of nitrogens with zero attached hydrogens (tertiary/aromatic N) is 5. The van der Waals surface area contributed by atoms with Gasteiger partial charge < -0.3 is 19.6 Å². The molecule has 1 N–H and O–H groups in total. The molecule has 0 aromatic heterocycles. The van der Waals surface area contributed by atoms with Crippen molar-refractivity contribution in [3.8, 4) is 0 Å². The van der Waals surface area contributed by atoms with Crippen LogP contribution in [-0.4, -0.2) is 96.5 Å². The fourth-order valence-electron chi connectivity index (χ4n) is 3.26. The fourth-order valence-corrected chi connectivity index (χ4v) is 3.26. The van der Waals surface area contributed by atoms with Crippen LogP contribution in [0, 0.1) is 0 Å². The number of carbonyl (C=O) groups excluding carboxylic acids is 2. The Morgan fingerprint density at radius 1 is 1.18 bits per heavy atom. The topological polar surface area (TPSA) is 71.5 Å². The highest BCUT2D eigenvalue weighted by atomic mass is 16.2. The lowest BCUT2D eigenvalue weighted by atomic mass is 10.1. The zero-order chi connectivity index (χ0) is 15.9. The average molecular weight is 308 g/mol. The van der Waals surface area contributed by atoms with Gasteiger partial charge in [0.05, 0.1) is 0 Å². The fraction of sp³-hybridized carbons (Fsp3) is 0.786. The smallest absolute Gasteiger partial charge is 0.325 e. The van der Waals surface area contributed by atoms with Crippen molar-refractivity contribution in [2.45, 2.75) is 25.6 Å². The number of piperazine rings is 1. The quantitative estimate of drug-likeness (QED) is 0.722. The molecule has 0 saturated carbocycles. The monoisotopic (exact) mass is 308 g/mol. The Hall–Kier alpha value is -1.83. The highest BCUT2D eigenvalue weighted by Gasteiger charge is 2.49. The van der Waals surface area contributed by atoms with Gasteiger partial charge in [-0.15, -0.1) is 0 Å². The molecule has 8 nitrogen and oxygen atoms in total. The Morgan fingerprint density at radius 2 is 1.86 bits per heavy atom. The van der Waals surface area contributed by atoms with Gasteiger partial charge in [0.15, 0.2) is 18.2 Å². The van der Waals surface area contributed by atoms with E-state index in [1.807, 2.05) is 0 Å². The lowest BCUT2D eigenvalue weighted by Crippen LogP contribution is -2.64. The first-order valence-electron chi connectivity index (χ1n) is 7.88. The van der Waals surface area contributed by atoms with Crippen LogP contribution in [0.25, 0.3) is 0 Å². The van der Waals surface area contributed by atoms with Crippen LogP contribution >= 0.6 is 0 Å². The number of hydrogen-bond acceptors (Lipinski definition) is 6. The highest BCUT2D eigenvalue weighted by molar-refractivity contribution is 6.03. The molecule has 2 saturated heterocycles. The van der Waals surface area contributed by atoms with Gasteiger partial charge in [0.25, 0.3) is 5.91 Å². The van der Waals surface area contributed by atoms with E-state index < -0.39 is 12.2 Å². The van der Waals surface area contributed by atoms with E-state index in [9.17, 15) is 9.59 Å². The summed E-state index contributed by atoms with van der Waals surface area (Å²) >= 11 is 0. The summed E-state index contributed by atoms with van der Waals surface area (Å²) in [5, 5.41) is 2.43. The number of likely N-dealkylation sites (N-methyl/N-ethyl adjacent to an activating group) is 2. The molecule has 2 fully saturated rings. The first-order chi connectivity index (χ1) is 10.5. The maximum absolute atomic E-state index is 12.3. The summed E-state index contributed by atoms with van der Waals surface area (Å²) in [6, 6.07) is -0.775. The summed E-state index contributed by atoms with van der Waals surface area (Å²) < 4.78 is 0. The van der Waals surface area contributed by atoms with Gasteiger partial charge in [-0.3, -0.25) is 10.1 Å². The van der Waals surface area contributed by atoms with Crippen molar-refractivity contribution in [2.24, 2.45) is 4.99 Å². The van der Waals surface area contributed by atoms with E-state index >= 15 is 0 Å². The molecule has 0 radical (unpaired) electrons. The van der Waals surface area contributed by atoms with E-state index in [0.717, 1.165) is 45.1 Å². The Morgan fingerprint density at radius 3 is 2.50 bits per heavy atom. The second-order valence-corrected chi connectivity index (χ2v) is 6.18. The molecule has 2 atom stereocenters. The molecule has 3 rings (SSSR count). The summed E-state index contributed by atoms with van der Waals surface area (Å²) in [5.74, 6) is 0.621. The van der Waals surface area contributed by atoms with Gasteiger partial charge in [-0.1, -0.05) is 6.92 Å². The second kappa shape index (κ2) is 5.75. The zero-order valence-electron chi connectivity index (χ0n) is 13.4. The molecule has 122 valence electrons. The molecule has 0 spiro atoms. The van der Waals surface area contributed by atoms with Crippen LogP contribution in [0.5, 0.6) is 0 Å². The first-order valence-corrected chi connectivity index (χ1v) is 7.88. The molecule has 2 unspecified atom stereocenters. The van der Waals surface area contributed by atoms with Crippen molar-refractivity contribution in [1.82, 2.24) is 24.9 Å². The summed E-state index contributed by atoms with van der Waals surface area (Å²) in [6.45, 7) is 6.61. The predicted molar refractivity (Wildman–Crippen MR) is 82.4 cm³/mol. The van der Waals surface area contributed by atoms with Crippen molar-refractivity contribution < 1.29 is 9.59 Å². The Bertz CT molecular complexity index is 500. The molecule has 22 heavy (non-hydrogen) atoms. The number of hydrogen-bond donors (Lipinski definition) is 1. The Labute approximate surface area is 130 Å². The van der Waals surface area contributed by atoms with Gasteiger partial charge in [-0.25, -0.2) is 9.79 Å². The van der Waals surface area contributed by atoms with Gasteiger partial charge in [0.2, 0.25) is 0 Å². The minimum atomic E-state index is -0.414. The molecule has 3 aliphatic heterocycles. The minimum absolute atomic E-state index is 0.241. The van der Waals surface area contributed by atoms with Crippen LogP contribution in [0.1, 0.15) is 13.3 Å². The van der Waals surface area contributed by atoms with Crippen LogP contribution in [0.4, 0.5) is 4.79 Å². The number of fused-ring (bicyclic) bond motifs is 1. The van der Waals surface area contributed by atoms with Crippen LogP contribution in [-0.2, 0) is 4.79 Å². The van der Waals surface area contributed by atoms with Gasteiger partial charge in [0.1, 0.15) is 0 Å². The van der Waals surface area contributed by atoms with E-state index in [4.69, 9.17) is 4.99 Å². The zero-order valence-corrected chi connectivity index (χ0v) is 13.4. The van der Waals surface area contributed by atoms with Crippen molar-refractivity contribution in [3.63, 3.8) is 0 Å². The Kier molecular flexibility index (Phi) is 3.94. The molecule has 0 aliphatic carbocycles. The summed E-state index contributed by atoms with van der Waals surface area (Å²) in [6.07, 6.45) is 0.517. The maximum atomic E-state index is 12.3. The van der Waals surface area contributed by atoms with Crippen molar-refractivity contribution in [1.29, 1.82) is 0 Å². The van der Waals surface area contributed by atoms with Crippen LogP contribution in [0.15, 0.2) is 4.99 Å². The number of aliphatic imine (C=N–C) groups is 1. The predicted octanol–water partition coefficient (Wildman–Crippen LogP) is -0.808. The molecule has 3 amide bonds. The normalized spacial score (nSPS) is 29.6. The third kappa shape index (κ3) is 2.41. The van der Waals surface area contributed by atoms with Crippen LogP contribution in [0.3, 0.4) is 0 Å². The number of amides is 3. The number of rotatable bonds is 2. The van der Waals surface area contributed by atoms with E-state index in [2.05, 4.69) is 34.0 Å². The molecule has 0 bridgehead atoms. The number of nitrogens with one attached hydrogen (secondary N) is 1. The summed E-state index contributed by atoms with van der Waals surface area (Å²) in [5.41, 5.74) is 0. The minimum Gasteiger partial charge on any atom is -0.340 e. The van der Waals surface area contributed by atoms with E-state index in [0.29, 0.717) is 0 Å². The molecular formula is C14H24N6O2. The van der Waals surface area contributed by atoms with Gasteiger partial charge in [0, 0.05) is 39.8 Å². The molecule has 3 aliphatic rings. The lowest BCUT2D eigenvalue weighted by molar-refractivity contribution is -0.127. The number of imide groups is 1. The van der Waals surface area contributed by atoms with Gasteiger partial charge >= 0.3 is 6.03 Å². The Balaban J connectivity index is 1.87. The molecule has 0 aromatic rings. The standard InChI is InChI=1S/C14H24N6O2/c1-4-5-20-10-11(18(3)14(22)16-12(10)21)15-13(20)19-8-6-17(2)7-9-19/h10-11H,4-9H2,1-3H3,(H,16,21,22). The molecule has 3 heterocycles. The van der Waals surface area contributed by atoms with E-state index in [1.165, 1.54) is 4.90 Å². The first kappa shape index (κ1) is 15.1. The third-order valence-corrected chi connectivity index (χ3v) is 4.59. The number of urea groups is 1. The second-order valence-electron chi connectivity index (χ2n) is 6.18. The summed E-state index contributed by atoms with van der Waals surface area (Å²) in [7, 11) is 3.80. The van der Waals surface area contributed by atoms with Gasteiger partial charge in [-0.05, 0) is 13.5 Å².